The molecule has 13 heavy (non-hydrogen) atoms. The molecule has 0 fully saturated rings. The van der Waals surface area contributed by atoms with Gasteiger partial charge >= 0.3 is 0 Å². The SMILES string of the molecule is OCC(CO)Nc1ccncc1Cl. The van der Waals surface area contributed by atoms with Crippen LogP contribution in [0.3, 0.4) is 0 Å². The van der Waals surface area contributed by atoms with Gasteiger partial charge in [-0.15, -0.1) is 0 Å². The van der Waals surface area contributed by atoms with Gasteiger partial charge in [0.05, 0.1) is 30.0 Å². The molecule has 5 heteroatoms. The van der Waals surface area contributed by atoms with Crippen molar-refractivity contribution in [1.29, 1.82) is 0 Å². The lowest BCUT2D eigenvalue weighted by Gasteiger charge is -2.15. The summed E-state index contributed by atoms with van der Waals surface area (Å²) in [5.41, 5.74) is 0.657. The average Bonchev–Trinajstić information content (AvgIpc) is 2.17. The van der Waals surface area contributed by atoms with Gasteiger partial charge in [0.25, 0.3) is 0 Å². The molecule has 1 aromatic heterocycles. The van der Waals surface area contributed by atoms with Gasteiger partial charge in [0.1, 0.15) is 0 Å². The van der Waals surface area contributed by atoms with E-state index in [1.54, 1.807) is 12.3 Å². The smallest absolute Gasteiger partial charge is 0.0820 e. The van der Waals surface area contributed by atoms with Gasteiger partial charge in [0.2, 0.25) is 0 Å². The molecule has 1 heterocycles. The van der Waals surface area contributed by atoms with Crippen LogP contribution in [-0.4, -0.2) is 34.5 Å². The molecule has 72 valence electrons. The van der Waals surface area contributed by atoms with Crippen molar-refractivity contribution in [3.63, 3.8) is 0 Å². The molecular weight excluding hydrogens is 192 g/mol. The number of aliphatic hydroxyl groups excluding tert-OH is 2. The number of rotatable bonds is 4. The molecule has 0 aromatic carbocycles. The Labute approximate surface area is 81.2 Å². The van der Waals surface area contributed by atoms with Crippen LogP contribution < -0.4 is 5.32 Å². The summed E-state index contributed by atoms with van der Waals surface area (Å²) in [4.78, 5) is 3.81. The fourth-order valence-corrected chi connectivity index (χ4v) is 1.04. The van der Waals surface area contributed by atoms with Crippen LogP contribution in [-0.2, 0) is 0 Å². The standard InChI is InChI=1S/C8H11ClN2O2/c9-7-3-10-2-1-8(7)11-6(4-12)5-13/h1-3,6,12-13H,4-5H2,(H,10,11). The van der Waals surface area contributed by atoms with Gasteiger partial charge < -0.3 is 15.5 Å². The first-order valence-electron chi connectivity index (χ1n) is 3.85. The normalized spacial score (nSPS) is 10.5. The first-order chi connectivity index (χ1) is 6.27. The number of anilines is 1. The molecule has 1 rings (SSSR count). The Morgan fingerprint density at radius 3 is 2.69 bits per heavy atom. The molecular formula is C8H11ClN2O2. The van der Waals surface area contributed by atoms with E-state index in [1.165, 1.54) is 6.20 Å². The molecule has 0 unspecified atom stereocenters. The summed E-state index contributed by atoms with van der Waals surface area (Å²) < 4.78 is 0. The fourth-order valence-electron chi connectivity index (χ4n) is 0.861. The number of halogens is 1. The van der Waals surface area contributed by atoms with Crippen molar-refractivity contribution in [2.45, 2.75) is 6.04 Å². The molecule has 0 atom stereocenters. The lowest BCUT2D eigenvalue weighted by Crippen LogP contribution is -2.27. The van der Waals surface area contributed by atoms with Gasteiger partial charge in [-0.05, 0) is 6.07 Å². The van der Waals surface area contributed by atoms with Crippen molar-refractivity contribution in [3.05, 3.63) is 23.5 Å². The van der Waals surface area contributed by atoms with Crippen molar-refractivity contribution in [1.82, 2.24) is 4.98 Å². The third-order valence-corrected chi connectivity index (χ3v) is 1.87. The molecule has 0 aliphatic carbocycles. The first kappa shape index (κ1) is 10.2. The van der Waals surface area contributed by atoms with E-state index in [1.807, 2.05) is 0 Å². The number of aliphatic hydroxyl groups is 2. The summed E-state index contributed by atoms with van der Waals surface area (Å²) in [7, 11) is 0. The van der Waals surface area contributed by atoms with Crippen LogP contribution in [0.4, 0.5) is 5.69 Å². The van der Waals surface area contributed by atoms with E-state index in [9.17, 15) is 0 Å². The number of hydrogen-bond donors (Lipinski definition) is 3. The third-order valence-electron chi connectivity index (χ3n) is 1.57. The lowest BCUT2D eigenvalue weighted by atomic mass is 10.3. The van der Waals surface area contributed by atoms with Gasteiger partial charge in [-0.3, -0.25) is 4.98 Å². The van der Waals surface area contributed by atoms with Gasteiger partial charge in [0.15, 0.2) is 0 Å². The van der Waals surface area contributed by atoms with Crippen molar-refractivity contribution in [2.75, 3.05) is 18.5 Å². The second kappa shape index (κ2) is 5.01. The summed E-state index contributed by atoms with van der Waals surface area (Å²) in [5, 5.41) is 20.9. The summed E-state index contributed by atoms with van der Waals surface area (Å²) in [6, 6.07) is 1.29. The minimum absolute atomic E-state index is 0.144. The molecule has 0 aliphatic rings. The van der Waals surface area contributed by atoms with Crippen molar-refractivity contribution >= 4 is 17.3 Å². The predicted octanol–water partition coefficient (Wildman–Crippen LogP) is 0.500. The van der Waals surface area contributed by atoms with Crippen molar-refractivity contribution in [2.24, 2.45) is 0 Å². The quantitative estimate of drug-likeness (QED) is 0.666. The van der Waals surface area contributed by atoms with Crippen molar-refractivity contribution < 1.29 is 10.2 Å². The summed E-state index contributed by atoms with van der Waals surface area (Å²) in [6.07, 6.45) is 3.08. The maximum atomic E-state index is 8.80. The second-order valence-corrected chi connectivity index (χ2v) is 2.97. The van der Waals surface area contributed by atoms with Crippen LogP contribution in [0.25, 0.3) is 0 Å². The number of hydrogen-bond acceptors (Lipinski definition) is 4. The Morgan fingerprint density at radius 2 is 2.15 bits per heavy atom. The van der Waals surface area contributed by atoms with E-state index in [-0.39, 0.29) is 19.3 Å². The molecule has 3 N–H and O–H groups in total. The van der Waals surface area contributed by atoms with Crippen LogP contribution in [0, 0.1) is 0 Å². The summed E-state index contributed by atoms with van der Waals surface area (Å²) in [6.45, 7) is -0.287. The Morgan fingerprint density at radius 1 is 1.46 bits per heavy atom. The Bertz CT molecular complexity index is 266. The van der Waals surface area contributed by atoms with E-state index in [2.05, 4.69) is 10.3 Å². The maximum Gasteiger partial charge on any atom is 0.0820 e. The zero-order valence-corrected chi connectivity index (χ0v) is 7.70. The van der Waals surface area contributed by atoms with Crippen molar-refractivity contribution in [3.8, 4) is 0 Å². The Hall–Kier alpha value is -0.840. The Balaban J connectivity index is 2.67. The molecule has 0 amide bonds. The molecule has 0 spiro atoms. The second-order valence-electron chi connectivity index (χ2n) is 2.56. The zero-order chi connectivity index (χ0) is 9.68. The topological polar surface area (TPSA) is 65.4 Å². The third kappa shape index (κ3) is 2.84. The molecule has 0 saturated heterocycles. The number of pyridine rings is 1. The largest absolute Gasteiger partial charge is 0.394 e. The molecule has 0 bridgehead atoms. The molecule has 1 aromatic rings. The van der Waals surface area contributed by atoms with Crippen LogP contribution in [0.15, 0.2) is 18.5 Å². The first-order valence-corrected chi connectivity index (χ1v) is 4.23. The zero-order valence-electron chi connectivity index (χ0n) is 6.94. The van der Waals surface area contributed by atoms with Crippen LogP contribution >= 0.6 is 11.6 Å². The molecule has 4 nitrogen and oxygen atoms in total. The highest BCUT2D eigenvalue weighted by Gasteiger charge is 2.06. The van der Waals surface area contributed by atoms with Crippen LogP contribution in [0.5, 0.6) is 0 Å². The number of aromatic nitrogens is 1. The number of nitrogens with zero attached hydrogens (tertiary/aromatic N) is 1. The van der Waals surface area contributed by atoms with E-state index in [4.69, 9.17) is 21.8 Å². The maximum absolute atomic E-state index is 8.80. The van der Waals surface area contributed by atoms with Crippen LogP contribution in [0.2, 0.25) is 5.02 Å². The summed E-state index contributed by atoms with van der Waals surface area (Å²) in [5.74, 6) is 0. The highest BCUT2D eigenvalue weighted by molar-refractivity contribution is 6.33. The fraction of sp³-hybridized carbons (Fsp3) is 0.375. The minimum Gasteiger partial charge on any atom is -0.394 e. The van der Waals surface area contributed by atoms with E-state index in [0.717, 1.165) is 0 Å². The predicted molar refractivity (Wildman–Crippen MR) is 50.8 cm³/mol. The van der Waals surface area contributed by atoms with Gasteiger partial charge in [-0.25, -0.2) is 0 Å². The molecule has 0 aliphatic heterocycles. The molecule has 0 saturated carbocycles. The van der Waals surface area contributed by atoms with Crippen LogP contribution in [0.1, 0.15) is 0 Å². The van der Waals surface area contributed by atoms with Gasteiger partial charge in [-0.1, -0.05) is 11.6 Å². The average molecular weight is 203 g/mol. The summed E-state index contributed by atoms with van der Waals surface area (Å²) >= 11 is 5.79. The minimum atomic E-state index is -0.389. The van der Waals surface area contributed by atoms with E-state index in [0.29, 0.717) is 10.7 Å². The highest BCUT2D eigenvalue weighted by atomic mass is 35.5. The Kier molecular flexibility index (Phi) is 3.95. The van der Waals surface area contributed by atoms with E-state index >= 15 is 0 Å². The lowest BCUT2D eigenvalue weighted by molar-refractivity contribution is 0.204. The highest BCUT2D eigenvalue weighted by Crippen LogP contribution is 2.19. The van der Waals surface area contributed by atoms with E-state index < -0.39 is 0 Å². The van der Waals surface area contributed by atoms with Gasteiger partial charge in [-0.2, -0.15) is 0 Å². The molecule has 0 radical (unpaired) electrons. The monoisotopic (exact) mass is 202 g/mol. The van der Waals surface area contributed by atoms with Gasteiger partial charge in [0, 0.05) is 12.4 Å². The number of nitrogens with one attached hydrogen (secondary N) is 1.